The summed E-state index contributed by atoms with van der Waals surface area (Å²) >= 11 is 3.15. The van der Waals surface area contributed by atoms with E-state index >= 15 is 0 Å². The Kier molecular flexibility index (Phi) is 2.51. The van der Waals surface area contributed by atoms with Crippen LogP contribution in [0.3, 0.4) is 0 Å². The number of hydrogen-bond acceptors (Lipinski definition) is 2. The van der Waals surface area contributed by atoms with Gasteiger partial charge in [0.2, 0.25) is 0 Å². The van der Waals surface area contributed by atoms with Gasteiger partial charge in [0, 0.05) is 18.8 Å². The fourth-order valence-corrected chi connectivity index (χ4v) is 1.59. The van der Waals surface area contributed by atoms with Gasteiger partial charge < -0.3 is 10.6 Å². The number of anilines is 1. The van der Waals surface area contributed by atoms with E-state index in [1.54, 1.807) is 12.1 Å². The average molecular weight is 245 g/mol. The van der Waals surface area contributed by atoms with E-state index in [9.17, 15) is 4.39 Å². The minimum Gasteiger partial charge on any atom is -0.380 e. The van der Waals surface area contributed by atoms with E-state index in [1.807, 2.05) is 0 Å². The lowest BCUT2D eigenvalue weighted by atomic mass is 10.1. The third-order valence-electron chi connectivity index (χ3n) is 2.07. The summed E-state index contributed by atoms with van der Waals surface area (Å²) in [5.41, 5.74) is 0.958. The van der Waals surface area contributed by atoms with Crippen LogP contribution in [0.2, 0.25) is 0 Å². The van der Waals surface area contributed by atoms with Gasteiger partial charge in [-0.3, -0.25) is 0 Å². The van der Waals surface area contributed by atoms with Gasteiger partial charge in [-0.25, -0.2) is 4.39 Å². The van der Waals surface area contributed by atoms with Crippen molar-refractivity contribution in [2.24, 2.45) is 0 Å². The second-order valence-electron chi connectivity index (χ2n) is 3.13. The molecular weight excluding hydrogens is 235 g/mol. The molecule has 0 unspecified atom stereocenters. The molecule has 1 aromatic rings. The SMILES string of the molecule is Fc1ccc(NC2CNC2)cc1Br. The zero-order chi connectivity index (χ0) is 9.26. The number of rotatable bonds is 2. The molecule has 0 bridgehead atoms. The van der Waals surface area contributed by atoms with E-state index in [0.717, 1.165) is 18.8 Å². The highest BCUT2D eigenvalue weighted by molar-refractivity contribution is 9.10. The topological polar surface area (TPSA) is 24.1 Å². The maximum Gasteiger partial charge on any atom is 0.137 e. The summed E-state index contributed by atoms with van der Waals surface area (Å²) in [5, 5.41) is 6.45. The maximum absolute atomic E-state index is 12.8. The maximum atomic E-state index is 12.8. The third-order valence-corrected chi connectivity index (χ3v) is 2.68. The van der Waals surface area contributed by atoms with Crippen molar-refractivity contribution < 1.29 is 4.39 Å². The zero-order valence-electron chi connectivity index (χ0n) is 6.98. The Morgan fingerprint density at radius 2 is 2.23 bits per heavy atom. The predicted molar refractivity (Wildman–Crippen MR) is 54.4 cm³/mol. The molecule has 1 aromatic carbocycles. The summed E-state index contributed by atoms with van der Waals surface area (Å²) in [6.07, 6.45) is 0. The molecule has 0 saturated carbocycles. The van der Waals surface area contributed by atoms with Crippen molar-refractivity contribution in [3.8, 4) is 0 Å². The molecule has 1 heterocycles. The monoisotopic (exact) mass is 244 g/mol. The highest BCUT2D eigenvalue weighted by atomic mass is 79.9. The molecule has 0 atom stereocenters. The molecule has 0 amide bonds. The Balaban J connectivity index is 2.07. The van der Waals surface area contributed by atoms with Gasteiger partial charge in [-0.1, -0.05) is 0 Å². The first-order valence-electron chi connectivity index (χ1n) is 4.18. The summed E-state index contributed by atoms with van der Waals surface area (Å²) < 4.78 is 13.3. The number of nitrogens with one attached hydrogen (secondary N) is 2. The Bertz CT molecular complexity index is 312. The lowest BCUT2D eigenvalue weighted by molar-refractivity contribution is 0.472. The molecule has 0 spiro atoms. The molecule has 70 valence electrons. The minimum absolute atomic E-state index is 0.225. The van der Waals surface area contributed by atoms with Gasteiger partial charge in [0.25, 0.3) is 0 Å². The molecule has 2 N–H and O–H groups in total. The number of halogens is 2. The van der Waals surface area contributed by atoms with Crippen molar-refractivity contribution in [3.05, 3.63) is 28.5 Å². The van der Waals surface area contributed by atoms with Gasteiger partial charge in [-0.2, -0.15) is 0 Å². The fraction of sp³-hybridized carbons (Fsp3) is 0.333. The summed E-state index contributed by atoms with van der Waals surface area (Å²) in [6.45, 7) is 1.96. The highest BCUT2D eigenvalue weighted by Gasteiger charge is 2.15. The molecule has 0 aliphatic carbocycles. The standard InChI is InChI=1S/C9H10BrFN2/c10-8-3-6(1-2-9(8)11)13-7-4-12-5-7/h1-3,7,12-13H,4-5H2. The lowest BCUT2D eigenvalue weighted by Gasteiger charge is -2.29. The zero-order valence-corrected chi connectivity index (χ0v) is 8.57. The van der Waals surface area contributed by atoms with Gasteiger partial charge in [0.05, 0.1) is 10.5 Å². The van der Waals surface area contributed by atoms with E-state index in [4.69, 9.17) is 0 Å². The highest BCUT2D eigenvalue weighted by Crippen LogP contribution is 2.20. The van der Waals surface area contributed by atoms with Gasteiger partial charge >= 0.3 is 0 Å². The van der Waals surface area contributed by atoms with Crippen LogP contribution in [-0.2, 0) is 0 Å². The van der Waals surface area contributed by atoms with E-state index < -0.39 is 0 Å². The molecule has 1 aliphatic heterocycles. The predicted octanol–water partition coefficient (Wildman–Crippen LogP) is 1.97. The van der Waals surface area contributed by atoms with Crippen molar-refractivity contribution in [2.75, 3.05) is 18.4 Å². The molecule has 1 saturated heterocycles. The summed E-state index contributed by atoms with van der Waals surface area (Å²) in [5.74, 6) is -0.225. The van der Waals surface area contributed by atoms with Gasteiger partial charge in [0.15, 0.2) is 0 Å². The van der Waals surface area contributed by atoms with Crippen molar-refractivity contribution in [1.82, 2.24) is 5.32 Å². The molecule has 13 heavy (non-hydrogen) atoms. The van der Waals surface area contributed by atoms with Crippen molar-refractivity contribution >= 4 is 21.6 Å². The Morgan fingerprint density at radius 3 is 2.77 bits per heavy atom. The second kappa shape index (κ2) is 3.64. The second-order valence-corrected chi connectivity index (χ2v) is 3.98. The first-order valence-corrected chi connectivity index (χ1v) is 4.97. The molecule has 0 radical (unpaired) electrons. The first kappa shape index (κ1) is 8.97. The van der Waals surface area contributed by atoms with Crippen LogP contribution in [0, 0.1) is 5.82 Å². The minimum atomic E-state index is -0.225. The largest absolute Gasteiger partial charge is 0.380 e. The fourth-order valence-electron chi connectivity index (χ4n) is 1.21. The van der Waals surface area contributed by atoms with Crippen LogP contribution in [0.1, 0.15) is 0 Å². The van der Waals surface area contributed by atoms with Gasteiger partial charge in [0.1, 0.15) is 5.82 Å². The molecule has 1 aliphatic rings. The Morgan fingerprint density at radius 1 is 1.46 bits per heavy atom. The Labute approximate surface area is 84.7 Å². The van der Waals surface area contributed by atoms with E-state index in [0.29, 0.717) is 10.5 Å². The molecule has 2 nitrogen and oxygen atoms in total. The molecular formula is C9H10BrFN2. The van der Waals surface area contributed by atoms with Crippen LogP contribution >= 0.6 is 15.9 Å². The van der Waals surface area contributed by atoms with Crippen LogP contribution in [0.15, 0.2) is 22.7 Å². The van der Waals surface area contributed by atoms with Crippen molar-refractivity contribution in [2.45, 2.75) is 6.04 Å². The van der Waals surface area contributed by atoms with Crippen LogP contribution in [0.5, 0.6) is 0 Å². The lowest BCUT2D eigenvalue weighted by Crippen LogP contribution is -2.51. The molecule has 0 aromatic heterocycles. The molecule has 2 rings (SSSR count). The van der Waals surface area contributed by atoms with Gasteiger partial charge in [-0.05, 0) is 34.1 Å². The van der Waals surface area contributed by atoms with Crippen LogP contribution < -0.4 is 10.6 Å². The van der Waals surface area contributed by atoms with Crippen LogP contribution in [0.4, 0.5) is 10.1 Å². The molecule has 1 fully saturated rings. The van der Waals surface area contributed by atoms with Crippen LogP contribution in [0.25, 0.3) is 0 Å². The third kappa shape index (κ3) is 2.00. The van der Waals surface area contributed by atoms with Gasteiger partial charge in [-0.15, -0.1) is 0 Å². The quantitative estimate of drug-likeness (QED) is 0.832. The average Bonchev–Trinajstić information content (AvgIpc) is 2.04. The van der Waals surface area contributed by atoms with Crippen LogP contribution in [-0.4, -0.2) is 19.1 Å². The van der Waals surface area contributed by atoms with Crippen molar-refractivity contribution in [1.29, 1.82) is 0 Å². The molecule has 4 heteroatoms. The van der Waals surface area contributed by atoms with E-state index in [2.05, 4.69) is 26.6 Å². The summed E-state index contributed by atoms with van der Waals surface area (Å²) in [4.78, 5) is 0. The first-order chi connectivity index (χ1) is 6.25. The summed E-state index contributed by atoms with van der Waals surface area (Å²) in [7, 11) is 0. The summed E-state index contributed by atoms with van der Waals surface area (Å²) in [6, 6.07) is 5.45. The smallest absolute Gasteiger partial charge is 0.137 e. The van der Waals surface area contributed by atoms with E-state index in [-0.39, 0.29) is 5.82 Å². The number of hydrogen-bond donors (Lipinski definition) is 2. The van der Waals surface area contributed by atoms with E-state index in [1.165, 1.54) is 6.07 Å². The number of benzene rings is 1. The normalized spacial score (nSPS) is 16.8. The Hall–Kier alpha value is -0.610. The van der Waals surface area contributed by atoms with Crippen molar-refractivity contribution in [3.63, 3.8) is 0 Å².